The molecule has 138 valence electrons. The van der Waals surface area contributed by atoms with Crippen LogP contribution in [0.1, 0.15) is 16.8 Å². The first-order valence-electron chi connectivity index (χ1n) is 8.29. The highest BCUT2D eigenvalue weighted by Crippen LogP contribution is 2.43. The van der Waals surface area contributed by atoms with Crippen molar-refractivity contribution in [1.82, 2.24) is 18.3 Å². The van der Waals surface area contributed by atoms with Gasteiger partial charge >= 0.3 is 0 Å². The number of aromatic hydroxyl groups is 1. The fourth-order valence-electron chi connectivity index (χ4n) is 3.61. The van der Waals surface area contributed by atoms with Gasteiger partial charge in [-0.25, -0.2) is 4.98 Å². The van der Waals surface area contributed by atoms with Gasteiger partial charge in [-0.2, -0.15) is 8.75 Å². The van der Waals surface area contributed by atoms with Crippen LogP contribution in [0.2, 0.25) is 5.02 Å². The lowest BCUT2D eigenvalue weighted by atomic mass is 10.1. The second-order valence-corrected chi connectivity index (χ2v) is 8.45. The van der Waals surface area contributed by atoms with Crippen LogP contribution in [0.25, 0.3) is 33.0 Å². The van der Waals surface area contributed by atoms with Gasteiger partial charge in [0.25, 0.3) is 0 Å². The summed E-state index contributed by atoms with van der Waals surface area (Å²) >= 11 is 8.76. The van der Waals surface area contributed by atoms with E-state index >= 15 is 0 Å². The summed E-state index contributed by atoms with van der Waals surface area (Å²) in [6, 6.07) is 6.63. The zero-order valence-electron chi connectivity index (χ0n) is 13.9. The maximum atomic E-state index is 13.2. The molecule has 1 unspecified atom stereocenters. The number of hydrogen-bond donors (Lipinski definition) is 1. The van der Waals surface area contributed by atoms with Gasteiger partial charge in [0.15, 0.2) is 5.43 Å². The molecule has 10 heteroatoms. The van der Waals surface area contributed by atoms with Crippen molar-refractivity contribution in [2.75, 3.05) is 0 Å². The molecule has 0 bridgehead atoms. The highest BCUT2D eigenvalue weighted by Gasteiger charge is 2.31. The maximum Gasteiger partial charge on any atom is 0.198 e. The number of phenolic OH excluding ortho intramolecular Hbond substituents is 1. The molecule has 0 amide bonds. The van der Waals surface area contributed by atoms with Crippen molar-refractivity contribution in [3.8, 4) is 5.75 Å². The normalized spacial score (nSPS) is 16.4. The molecule has 1 N–H and O–H groups in total. The Morgan fingerprint density at radius 1 is 1.25 bits per heavy atom. The molecule has 1 aliphatic rings. The van der Waals surface area contributed by atoms with Crippen molar-refractivity contribution in [3.63, 3.8) is 0 Å². The fraction of sp³-hybridized carbons (Fsp3) is 0.111. The number of halogens is 1. The molecule has 3 aromatic heterocycles. The molecule has 1 aliphatic heterocycles. The molecular weight excluding hydrogens is 420 g/mol. The molecule has 4 heterocycles. The summed E-state index contributed by atoms with van der Waals surface area (Å²) in [5.74, 6) is 1.43. The van der Waals surface area contributed by atoms with E-state index in [9.17, 15) is 9.90 Å². The topological polar surface area (TPSA) is 94.0 Å². The summed E-state index contributed by atoms with van der Waals surface area (Å²) in [4.78, 5) is 17.9. The second-order valence-electron chi connectivity index (χ2n) is 6.45. The molecule has 0 saturated carbocycles. The van der Waals surface area contributed by atoms with Gasteiger partial charge in [-0.1, -0.05) is 11.6 Å². The van der Waals surface area contributed by atoms with Crippen LogP contribution in [0.4, 0.5) is 0 Å². The lowest BCUT2D eigenvalue weighted by Crippen LogP contribution is -2.15. The van der Waals surface area contributed by atoms with Crippen LogP contribution >= 0.6 is 35.1 Å². The third-order valence-corrected chi connectivity index (χ3v) is 6.94. The average Bonchev–Trinajstić information content (AvgIpc) is 3.37. The number of thioether (sulfide) groups is 1. The molecule has 1 atom stereocenters. The fourth-order valence-corrected chi connectivity index (χ4v) is 5.54. The first kappa shape index (κ1) is 16.3. The van der Waals surface area contributed by atoms with Gasteiger partial charge in [-0.15, -0.1) is 11.8 Å². The Morgan fingerprint density at radius 2 is 2.11 bits per heavy atom. The minimum atomic E-state index is -0.291. The summed E-state index contributed by atoms with van der Waals surface area (Å²) in [6.45, 7) is 0. The number of rotatable bonds is 1. The maximum absolute atomic E-state index is 13.2. The van der Waals surface area contributed by atoms with E-state index in [0.717, 1.165) is 39.6 Å². The van der Waals surface area contributed by atoms with Crippen LogP contribution in [-0.4, -0.2) is 23.4 Å². The monoisotopic (exact) mass is 428 g/mol. The number of hydrogen-bond acceptors (Lipinski definition) is 8. The predicted octanol–water partition coefficient (Wildman–Crippen LogP) is 4.30. The number of benzene rings is 2. The van der Waals surface area contributed by atoms with Crippen LogP contribution in [0, 0.1) is 0 Å². The van der Waals surface area contributed by atoms with Crippen LogP contribution in [0.15, 0.2) is 39.7 Å². The number of imidazole rings is 1. The molecule has 0 fully saturated rings. The molecule has 2 aromatic carbocycles. The SMILES string of the molecule is O=c1c(C2SCc3nc4ccc5nsnc5c4n32)coc2cc(O)c(Cl)cc12. The Hall–Kier alpha value is -2.62. The largest absolute Gasteiger partial charge is 0.506 e. The van der Waals surface area contributed by atoms with E-state index in [1.165, 1.54) is 18.4 Å². The van der Waals surface area contributed by atoms with E-state index in [0.29, 0.717) is 22.3 Å². The Labute approximate surface area is 169 Å². The lowest BCUT2D eigenvalue weighted by molar-refractivity contribution is 0.474. The van der Waals surface area contributed by atoms with E-state index in [2.05, 4.69) is 8.75 Å². The molecule has 0 saturated heterocycles. The zero-order valence-corrected chi connectivity index (χ0v) is 16.3. The smallest absolute Gasteiger partial charge is 0.198 e. The zero-order chi connectivity index (χ0) is 19.0. The second kappa shape index (κ2) is 5.69. The summed E-state index contributed by atoms with van der Waals surface area (Å²) in [5, 5.41) is 9.92. The van der Waals surface area contributed by atoms with Crippen LogP contribution in [-0.2, 0) is 5.75 Å². The molecule has 0 spiro atoms. The molecular formula is C18H9ClN4O3S2. The van der Waals surface area contributed by atoms with Crippen molar-refractivity contribution in [2.45, 2.75) is 11.1 Å². The summed E-state index contributed by atoms with van der Waals surface area (Å²) < 4.78 is 16.4. The van der Waals surface area contributed by atoms with Crippen molar-refractivity contribution in [1.29, 1.82) is 0 Å². The molecule has 6 rings (SSSR count). The van der Waals surface area contributed by atoms with Gasteiger partial charge in [-0.05, 0) is 18.2 Å². The van der Waals surface area contributed by atoms with Gasteiger partial charge in [0.05, 0.1) is 44.5 Å². The quantitative estimate of drug-likeness (QED) is 0.425. The summed E-state index contributed by atoms with van der Waals surface area (Å²) in [7, 11) is 0. The number of fused-ring (bicyclic) bond motifs is 6. The van der Waals surface area contributed by atoms with Gasteiger partial charge in [0.2, 0.25) is 0 Å². The molecule has 0 aliphatic carbocycles. The molecule has 5 aromatic rings. The Bertz CT molecular complexity index is 1490. The number of aromatic nitrogens is 4. The van der Waals surface area contributed by atoms with E-state index < -0.39 is 0 Å². The predicted molar refractivity (Wildman–Crippen MR) is 109 cm³/mol. The van der Waals surface area contributed by atoms with Crippen LogP contribution in [0.5, 0.6) is 5.75 Å². The van der Waals surface area contributed by atoms with Crippen LogP contribution < -0.4 is 5.43 Å². The summed E-state index contributed by atoms with van der Waals surface area (Å²) in [6.07, 6.45) is 1.45. The first-order valence-corrected chi connectivity index (χ1v) is 10.4. The Balaban J connectivity index is 1.63. The minimum absolute atomic E-state index is 0.111. The van der Waals surface area contributed by atoms with E-state index in [4.69, 9.17) is 21.0 Å². The van der Waals surface area contributed by atoms with Crippen molar-refractivity contribution in [2.24, 2.45) is 0 Å². The molecule has 7 nitrogen and oxygen atoms in total. The third-order valence-electron chi connectivity index (χ3n) is 4.89. The Kier molecular flexibility index (Phi) is 3.32. The van der Waals surface area contributed by atoms with Gasteiger partial charge in [-0.3, -0.25) is 4.79 Å². The van der Waals surface area contributed by atoms with Gasteiger partial charge in [0.1, 0.15) is 39.8 Å². The van der Waals surface area contributed by atoms with Crippen molar-refractivity contribution >= 4 is 68.1 Å². The molecule has 0 radical (unpaired) electrons. The van der Waals surface area contributed by atoms with E-state index in [1.807, 2.05) is 16.7 Å². The Morgan fingerprint density at radius 3 is 3.00 bits per heavy atom. The summed E-state index contributed by atoms with van der Waals surface area (Å²) in [5.41, 5.74) is 3.91. The van der Waals surface area contributed by atoms with Crippen molar-refractivity contribution in [3.05, 3.63) is 57.2 Å². The standard InChI is InChI=1S/C18H9ClN4O3S2/c19-9-3-7-13(4-12(9)24)26-5-8(17(7)25)18-23-14(6-27-18)20-11-2-1-10-15(16(11)23)22-28-21-10/h1-5,18,24H,6H2. The van der Waals surface area contributed by atoms with Gasteiger partial charge in [0, 0.05) is 6.07 Å². The van der Waals surface area contributed by atoms with E-state index in [-0.39, 0.29) is 21.6 Å². The lowest BCUT2D eigenvalue weighted by Gasteiger charge is -2.13. The number of nitrogens with zero attached hydrogens (tertiary/aromatic N) is 4. The number of phenols is 1. The molecule has 28 heavy (non-hydrogen) atoms. The average molecular weight is 429 g/mol. The minimum Gasteiger partial charge on any atom is -0.506 e. The van der Waals surface area contributed by atoms with Crippen molar-refractivity contribution < 1.29 is 9.52 Å². The highest BCUT2D eigenvalue weighted by atomic mass is 35.5. The van der Waals surface area contributed by atoms with E-state index in [1.54, 1.807) is 11.8 Å². The first-order chi connectivity index (χ1) is 13.6. The highest BCUT2D eigenvalue weighted by molar-refractivity contribution is 7.99. The third kappa shape index (κ3) is 2.12. The van der Waals surface area contributed by atoms with Gasteiger partial charge < -0.3 is 14.1 Å². The van der Waals surface area contributed by atoms with Crippen LogP contribution in [0.3, 0.4) is 0 Å².